The third kappa shape index (κ3) is 3.58. The molecule has 19 heavy (non-hydrogen) atoms. The van der Waals surface area contributed by atoms with E-state index in [4.69, 9.17) is 0 Å². The highest BCUT2D eigenvalue weighted by atomic mass is 79.9. The highest BCUT2D eigenvalue weighted by Gasteiger charge is 2.28. The molecule has 1 N–H and O–H groups in total. The van der Waals surface area contributed by atoms with Crippen LogP contribution in [0.3, 0.4) is 0 Å². The normalized spacial score (nSPS) is 19.5. The molecule has 0 saturated carbocycles. The minimum atomic E-state index is 0.408. The number of rotatable bonds is 6. The van der Waals surface area contributed by atoms with Gasteiger partial charge in [-0.2, -0.15) is 11.8 Å². The van der Waals surface area contributed by atoms with Crippen molar-refractivity contribution in [1.82, 2.24) is 5.32 Å². The lowest BCUT2D eigenvalue weighted by Crippen LogP contribution is -2.39. The summed E-state index contributed by atoms with van der Waals surface area (Å²) in [7, 11) is 0. The molecule has 1 heterocycles. The van der Waals surface area contributed by atoms with E-state index >= 15 is 0 Å². The van der Waals surface area contributed by atoms with Crippen LogP contribution in [-0.4, -0.2) is 17.5 Å². The number of hydrogen-bond donors (Lipinski definition) is 1. The Kier molecular flexibility index (Phi) is 5.82. The zero-order valence-corrected chi connectivity index (χ0v) is 15.3. The Morgan fingerprint density at radius 3 is 2.84 bits per heavy atom. The Morgan fingerprint density at radius 2 is 2.21 bits per heavy atom. The van der Waals surface area contributed by atoms with Crippen LogP contribution >= 0.6 is 39.0 Å². The van der Waals surface area contributed by atoms with E-state index in [-0.39, 0.29) is 0 Å². The molecule has 2 rings (SSSR count). The highest BCUT2D eigenvalue weighted by Crippen LogP contribution is 2.39. The molecule has 1 unspecified atom stereocenters. The quantitative estimate of drug-likeness (QED) is 0.727. The van der Waals surface area contributed by atoms with Crippen molar-refractivity contribution in [2.45, 2.75) is 56.7 Å². The summed E-state index contributed by atoms with van der Waals surface area (Å²) in [6.45, 7) is 5.75. The van der Waals surface area contributed by atoms with Gasteiger partial charge >= 0.3 is 0 Å². The summed E-state index contributed by atoms with van der Waals surface area (Å²) in [6, 6.07) is 2.89. The van der Waals surface area contributed by atoms with Crippen LogP contribution in [0, 0.1) is 0 Å². The van der Waals surface area contributed by atoms with Gasteiger partial charge in [0.05, 0.1) is 3.79 Å². The van der Waals surface area contributed by atoms with Crippen molar-refractivity contribution in [2.24, 2.45) is 0 Å². The number of thioether (sulfide) groups is 1. The number of nitrogens with one attached hydrogen (secondary N) is 1. The first kappa shape index (κ1) is 15.9. The lowest BCUT2D eigenvalue weighted by Gasteiger charge is -2.33. The first-order valence-corrected chi connectivity index (χ1v) is 10.0. The molecule has 0 bridgehead atoms. The minimum Gasteiger partial charge on any atom is -0.309 e. The summed E-state index contributed by atoms with van der Waals surface area (Å²) < 4.78 is 1.69. The first-order valence-electron chi connectivity index (χ1n) is 7.20. The average molecular weight is 362 g/mol. The van der Waals surface area contributed by atoms with Crippen molar-refractivity contribution in [3.05, 3.63) is 20.3 Å². The molecule has 108 valence electrons. The van der Waals surface area contributed by atoms with Crippen molar-refractivity contribution < 1.29 is 0 Å². The number of hydrogen-bond acceptors (Lipinski definition) is 3. The molecule has 0 spiro atoms. The van der Waals surface area contributed by atoms with E-state index in [9.17, 15) is 0 Å². The molecule has 1 atom stereocenters. The van der Waals surface area contributed by atoms with Gasteiger partial charge in [0.2, 0.25) is 0 Å². The zero-order valence-electron chi connectivity index (χ0n) is 12.1. The third-order valence-electron chi connectivity index (χ3n) is 4.48. The van der Waals surface area contributed by atoms with E-state index in [1.165, 1.54) is 35.9 Å². The number of aryl methyl sites for hydroxylation is 1. The summed E-state index contributed by atoms with van der Waals surface area (Å²) in [5.41, 5.74) is 1.55. The topological polar surface area (TPSA) is 12.0 Å². The van der Waals surface area contributed by atoms with E-state index in [1.54, 1.807) is 10.4 Å². The Labute approximate surface area is 134 Å². The second-order valence-electron chi connectivity index (χ2n) is 5.35. The summed E-state index contributed by atoms with van der Waals surface area (Å²) in [5, 5.41) is 3.85. The van der Waals surface area contributed by atoms with Crippen molar-refractivity contribution in [3.63, 3.8) is 0 Å². The predicted octanol–water partition coefficient (Wildman–Crippen LogP) is 5.40. The second kappa shape index (κ2) is 6.97. The summed E-state index contributed by atoms with van der Waals surface area (Å²) in [6.07, 6.45) is 8.60. The van der Waals surface area contributed by atoms with Gasteiger partial charge in [0, 0.05) is 22.2 Å². The van der Waals surface area contributed by atoms with Crippen LogP contribution in [0.15, 0.2) is 9.85 Å². The van der Waals surface area contributed by atoms with Crippen LogP contribution in [0.4, 0.5) is 0 Å². The van der Waals surface area contributed by atoms with Crippen LogP contribution in [-0.2, 0) is 6.42 Å². The number of fused-ring (bicyclic) bond motifs is 1. The standard InChI is InChI=1S/C15H24BrNS2/c1-4-15(5-2,18-3)10-17-12-7-6-8-13-11(12)9-14(16)19-13/h9,12,17H,4-8,10H2,1-3H3. The number of halogens is 1. The molecular weight excluding hydrogens is 338 g/mol. The van der Waals surface area contributed by atoms with Crippen molar-refractivity contribution in [1.29, 1.82) is 0 Å². The Bertz CT molecular complexity index is 404. The molecule has 1 aromatic heterocycles. The molecular formula is C15H24BrNS2. The minimum absolute atomic E-state index is 0.408. The SMILES string of the molecule is CCC(CC)(CNC1CCCc2sc(Br)cc21)SC. The molecule has 0 fully saturated rings. The van der Waals surface area contributed by atoms with Crippen LogP contribution in [0.2, 0.25) is 0 Å². The van der Waals surface area contributed by atoms with Gasteiger partial charge in [-0.05, 0) is 65.9 Å². The van der Waals surface area contributed by atoms with Crippen LogP contribution in [0.5, 0.6) is 0 Å². The van der Waals surface area contributed by atoms with Gasteiger partial charge in [0.15, 0.2) is 0 Å². The van der Waals surface area contributed by atoms with E-state index < -0.39 is 0 Å². The average Bonchev–Trinajstić information content (AvgIpc) is 2.82. The van der Waals surface area contributed by atoms with Crippen LogP contribution in [0.1, 0.15) is 56.0 Å². The molecule has 4 heteroatoms. The summed E-state index contributed by atoms with van der Waals surface area (Å²) in [5.74, 6) is 0. The van der Waals surface area contributed by atoms with Crippen molar-refractivity contribution >= 4 is 39.0 Å². The fraction of sp³-hybridized carbons (Fsp3) is 0.733. The third-order valence-corrected chi connectivity index (χ3v) is 7.78. The molecule has 0 amide bonds. The van der Waals surface area contributed by atoms with Gasteiger partial charge in [-0.3, -0.25) is 0 Å². The molecule has 0 aliphatic heterocycles. The molecule has 0 aromatic carbocycles. The first-order chi connectivity index (χ1) is 9.14. The molecule has 0 radical (unpaired) electrons. The van der Waals surface area contributed by atoms with Crippen LogP contribution in [0.25, 0.3) is 0 Å². The molecule has 1 aromatic rings. The maximum atomic E-state index is 3.85. The molecule has 1 aliphatic rings. The smallest absolute Gasteiger partial charge is 0.0704 e. The van der Waals surface area contributed by atoms with Gasteiger partial charge in [0.25, 0.3) is 0 Å². The van der Waals surface area contributed by atoms with Gasteiger partial charge in [-0.15, -0.1) is 11.3 Å². The van der Waals surface area contributed by atoms with E-state index in [0.29, 0.717) is 10.8 Å². The lowest BCUT2D eigenvalue weighted by atomic mass is 9.93. The zero-order chi connectivity index (χ0) is 13.9. The Hall–Kier alpha value is 0.490. The highest BCUT2D eigenvalue weighted by molar-refractivity contribution is 9.11. The number of thiophene rings is 1. The maximum absolute atomic E-state index is 3.85. The van der Waals surface area contributed by atoms with Gasteiger partial charge in [-0.1, -0.05) is 13.8 Å². The lowest BCUT2D eigenvalue weighted by molar-refractivity contribution is 0.412. The Balaban J connectivity index is 2.04. The molecule has 0 saturated heterocycles. The fourth-order valence-corrected chi connectivity index (χ4v) is 5.53. The fourth-order valence-electron chi connectivity index (χ4n) is 2.90. The van der Waals surface area contributed by atoms with Crippen LogP contribution < -0.4 is 5.32 Å². The van der Waals surface area contributed by atoms with E-state index in [2.05, 4.69) is 47.4 Å². The van der Waals surface area contributed by atoms with E-state index in [1.807, 2.05) is 23.1 Å². The summed E-state index contributed by atoms with van der Waals surface area (Å²) in [4.78, 5) is 1.58. The van der Waals surface area contributed by atoms with Gasteiger partial charge in [-0.25, -0.2) is 0 Å². The Morgan fingerprint density at radius 1 is 1.47 bits per heavy atom. The second-order valence-corrected chi connectivity index (χ2v) is 9.14. The molecule has 1 aliphatic carbocycles. The maximum Gasteiger partial charge on any atom is 0.0704 e. The van der Waals surface area contributed by atoms with E-state index in [0.717, 1.165) is 6.54 Å². The molecule has 1 nitrogen and oxygen atoms in total. The van der Waals surface area contributed by atoms with Gasteiger partial charge < -0.3 is 5.32 Å². The van der Waals surface area contributed by atoms with Crippen molar-refractivity contribution in [2.75, 3.05) is 12.8 Å². The summed E-state index contributed by atoms with van der Waals surface area (Å²) >= 11 is 7.58. The monoisotopic (exact) mass is 361 g/mol. The predicted molar refractivity (Wildman–Crippen MR) is 92.5 cm³/mol. The van der Waals surface area contributed by atoms with Crippen molar-refractivity contribution in [3.8, 4) is 0 Å². The van der Waals surface area contributed by atoms with Gasteiger partial charge in [0.1, 0.15) is 0 Å². The largest absolute Gasteiger partial charge is 0.309 e.